The normalized spacial score (nSPS) is 17.0. The van der Waals surface area contributed by atoms with Crippen LogP contribution < -0.4 is 4.74 Å². The molecule has 1 unspecified atom stereocenters. The van der Waals surface area contributed by atoms with Crippen molar-refractivity contribution in [3.8, 4) is 5.75 Å². The van der Waals surface area contributed by atoms with E-state index in [-0.39, 0.29) is 5.92 Å². The third kappa shape index (κ3) is 4.52. The highest BCUT2D eigenvalue weighted by atomic mass is 32.2. The molecule has 0 aliphatic heterocycles. The van der Waals surface area contributed by atoms with Gasteiger partial charge in [0.25, 0.3) is 0 Å². The maximum Gasteiger partial charge on any atom is 0.119 e. The van der Waals surface area contributed by atoms with Crippen LogP contribution in [0.4, 0.5) is 0 Å². The average Bonchev–Trinajstić information content (AvgIpc) is 2.52. The zero-order valence-corrected chi connectivity index (χ0v) is 14.8. The molecule has 6 heteroatoms. The highest BCUT2D eigenvalue weighted by Gasteiger charge is 2.39. The van der Waals surface area contributed by atoms with Crippen molar-refractivity contribution in [2.75, 3.05) is 27.2 Å². The van der Waals surface area contributed by atoms with E-state index in [9.17, 15) is 8.76 Å². The number of hydrogen-bond donors (Lipinski definition) is 0. The van der Waals surface area contributed by atoms with Crippen LogP contribution in [0.5, 0.6) is 5.75 Å². The molecule has 1 aromatic rings. The SMILES string of the molecule is CCN(C)C[C@H](C)[C@@](CC)(OS(=O)[O-])c1cccc(OC)c1. The molecule has 0 amide bonds. The summed E-state index contributed by atoms with van der Waals surface area (Å²) >= 11 is -2.59. The number of rotatable bonds is 9. The van der Waals surface area contributed by atoms with Gasteiger partial charge in [-0.15, -0.1) is 0 Å². The van der Waals surface area contributed by atoms with Gasteiger partial charge in [-0.2, -0.15) is 0 Å². The Balaban J connectivity index is 3.27. The largest absolute Gasteiger partial charge is 0.750 e. The molecule has 0 aromatic heterocycles. The minimum absolute atomic E-state index is 0.00699. The van der Waals surface area contributed by atoms with Gasteiger partial charge in [0.1, 0.15) is 11.4 Å². The zero-order valence-electron chi connectivity index (χ0n) is 14.0. The van der Waals surface area contributed by atoms with E-state index in [0.717, 1.165) is 18.7 Å². The van der Waals surface area contributed by atoms with Crippen molar-refractivity contribution in [3.63, 3.8) is 0 Å². The van der Waals surface area contributed by atoms with E-state index in [1.807, 2.05) is 45.2 Å². The van der Waals surface area contributed by atoms with E-state index in [1.165, 1.54) is 0 Å². The van der Waals surface area contributed by atoms with E-state index >= 15 is 0 Å². The molecule has 0 aliphatic carbocycles. The van der Waals surface area contributed by atoms with Gasteiger partial charge in [0.2, 0.25) is 0 Å². The maximum absolute atomic E-state index is 11.3. The monoisotopic (exact) mass is 328 g/mol. The Hall–Kier alpha value is -0.950. The van der Waals surface area contributed by atoms with E-state index in [1.54, 1.807) is 7.11 Å². The molecule has 0 spiro atoms. The van der Waals surface area contributed by atoms with Crippen molar-refractivity contribution in [1.29, 1.82) is 0 Å². The predicted molar refractivity (Wildman–Crippen MR) is 87.3 cm³/mol. The van der Waals surface area contributed by atoms with Crippen molar-refractivity contribution in [3.05, 3.63) is 29.8 Å². The molecule has 22 heavy (non-hydrogen) atoms. The average molecular weight is 328 g/mol. The third-order valence-corrected chi connectivity index (χ3v) is 4.66. The number of methoxy groups -OCH3 is 1. The zero-order chi connectivity index (χ0) is 16.8. The number of ether oxygens (including phenoxy) is 1. The Kier molecular flexibility index (Phi) is 7.48. The first-order valence-electron chi connectivity index (χ1n) is 7.51. The molecule has 1 aromatic carbocycles. The summed E-state index contributed by atoms with van der Waals surface area (Å²) in [5.41, 5.74) is -0.0829. The number of hydrogen-bond acceptors (Lipinski definition) is 5. The fraction of sp³-hybridized carbons (Fsp3) is 0.625. The minimum Gasteiger partial charge on any atom is -0.750 e. The second kappa shape index (κ2) is 8.62. The fourth-order valence-corrected chi connectivity index (χ4v) is 3.40. The lowest BCUT2D eigenvalue weighted by molar-refractivity contribution is -0.00163. The standard InChI is InChI=1S/C16H27NO4S/c1-6-16(21-22(18)19,13(3)12-17(4)7-2)14-9-8-10-15(11-14)20-5/h8-11,13H,6-7,12H2,1-5H3,(H,18,19)/p-1/t13-,16+/m0/s1. The van der Waals surface area contributed by atoms with Gasteiger partial charge in [-0.25, -0.2) is 4.21 Å². The predicted octanol–water partition coefficient (Wildman–Crippen LogP) is 2.70. The second-order valence-corrected chi connectivity index (χ2v) is 6.09. The fourth-order valence-electron chi connectivity index (χ4n) is 2.78. The van der Waals surface area contributed by atoms with Crippen molar-refractivity contribution in [1.82, 2.24) is 4.90 Å². The maximum atomic E-state index is 11.3. The molecule has 0 fully saturated rings. The lowest BCUT2D eigenvalue weighted by atomic mass is 9.80. The van der Waals surface area contributed by atoms with Crippen LogP contribution in [0, 0.1) is 5.92 Å². The van der Waals surface area contributed by atoms with Crippen LogP contribution in [-0.2, 0) is 21.1 Å². The molecule has 5 nitrogen and oxygen atoms in total. The van der Waals surface area contributed by atoms with Crippen LogP contribution in [0.25, 0.3) is 0 Å². The topological polar surface area (TPSA) is 61.8 Å². The highest BCUT2D eigenvalue weighted by molar-refractivity contribution is 7.74. The summed E-state index contributed by atoms with van der Waals surface area (Å²) in [6.45, 7) is 7.65. The first-order chi connectivity index (χ1) is 10.4. The molecular weight excluding hydrogens is 302 g/mol. The van der Waals surface area contributed by atoms with Gasteiger partial charge in [0.05, 0.1) is 18.5 Å². The van der Waals surface area contributed by atoms with E-state index in [4.69, 9.17) is 8.92 Å². The molecule has 0 saturated heterocycles. The number of nitrogens with zero attached hydrogens (tertiary/aromatic N) is 1. The van der Waals surface area contributed by atoms with Crippen LogP contribution in [-0.4, -0.2) is 40.9 Å². The molecule has 0 saturated carbocycles. The van der Waals surface area contributed by atoms with Crippen LogP contribution in [0.2, 0.25) is 0 Å². The molecule has 3 atom stereocenters. The summed E-state index contributed by atoms with van der Waals surface area (Å²) in [7, 11) is 3.60. The summed E-state index contributed by atoms with van der Waals surface area (Å²) in [4.78, 5) is 2.15. The second-order valence-electron chi connectivity index (χ2n) is 5.52. The summed E-state index contributed by atoms with van der Waals surface area (Å²) < 4.78 is 33.3. The molecule has 0 radical (unpaired) electrons. The van der Waals surface area contributed by atoms with Crippen molar-refractivity contribution >= 4 is 11.4 Å². The Morgan fingerprint density at radius 3 is 2.59 bits per heavy atom. The van der Waals surface area contributed by atoms with Crippen molar-refractivity contribution in [2.45, 2.75) is 32.8 Å². The quantitative estimate of drug-likeness (QED) is 0.652. The third-order valence-electron chi connectivity index (χ3n) is 4.22. The number of benzene rings is 1. The molecule has 126 valence electrons. The van der Waals surface area contributed by atoms with Gasteiger partial charge < -0.3 is 14.2 Å². The van der Waals surface area contributed by atoms with Crippen LogP contribution in [0.1, 0.15) is 32.8 Å². The lowest BCUT2D eigenvalue weighted by Crippen LogP contribution is -2.42. The Labute approximate surface area is 136 Å². The van der Waals surface area contributed by atoms with Gasteiger partial charge in [-0.05, 0) is 37.7 Å². The first kappa shape index (κ1) is 19.1. The minimum atomic E-state index is -2.59. The van der Waals surface area contributed by atoms with Gasteiger partial charge in [-0.1, -0.05) is 32.9 Å². The molecule has 0 N–H and O–H groups in total. The van der Waals surface area contributed by atoms with Crippen molar-refractivity contribution in [2.24, 2.45) is 5.92 Å². The summed E-state index contributed by atoms with van der Waals surface area (Å²) in [5, 5.41) is 0. The molecule has 0 bridgehead atoms. The van der Waals surface area contributed by atoms with Gasteiger partial charge in [0.15, 0.2) is 0 Å². The molecule has 0 aliphatic rings. The van der Waals surface area contributed by atoms with Crippen LogP contribution >= 0.6 is 0 Å². The molecular formula is C16H26NO4S-. The van der Waals surface area contributed by atoms with E-state index in [2.05, 4.69) is 11.8 Å². The molecule has 1 rings (SSSR count). The van der Waals surface area contributed by atoms with Crippen LogP contribution in [0.15, 0.2) is 24.3 Å². The Bertz CT molecular complexity index is 497. The Morgan fingerprint density at radius 2 is 2.09 bits per heavy atom. The van der Waals surface area contributed by atoms with Gasteiger partial charge in [-0.3, -0.25) is 4.18 Å². The highest BCUT2D eigenvalue weighted by Crippen LogP contribution is 2.39. The summed E-state index contributed by atoms with van der Waals surface area (Å²) in [5.74, 6) is 0.680. The van der Waals surface area contributed by atoms with Crippen LogP contribution in [0.3, 0.4) is 0 Å². The van der Waals surface area contributed by atoms with Gasteiger partial charge in [0, 0.05) is 12.5 Å². The smallest absolute Gasteiger partial charge is 0.119 e. The Morgan fingerprint density at radius 1 is 1.41 bits per heavy atom. The van der Waals surface area contributed by atoms with Crippen molar-refractivity contribution < 1.29 is 17.7 Å². The van der Waals surface area contributed by atoms with E-state index in [0.29, 0.717) is 12.2 Å². The lowest BCUT2D eigenvalue weighted by Gasteiger charge is -2.40. The summed E-state index contributed by atoms with van der Waals surface area (Å²) in [6.07, 6.45) is 0.548. The van der Waals surface area contributed by atoms with E-state index < -0.39 is 17.0 Å². The first-order valence-corrected chi connectivity index (χ1v) is 8.51. The molecule has 0 heterocycles. The van der Waals surface area contributed by atoms with Gasteiger partial charge >= 0.3 is 0 Å². The summed E-state index contributed by atoms with van der Waals surface area (Å²) in [6, 6.07) is 7.42.